The Balaban J connectivity index is 1.51. The summed E-state index contributed by atoms with van der Waals surface area (Å²) in [6.07, 6.45) is 3.34. The molecule has 5 nitrogen and oxygen atoms in total. The van der Waals surface area contributed by atoms with Gasteiger partial charge in [-0.3, -0.25) is 14.7 Å². The van der Waals surface area contributed by atoms with E-state index in [9.17, 15) is 4.79 Å². The molecule has 150 valence electrons. The summed E-state index contributed by atoms with van der Waals surface area (Å²) in [5.41, 5.74) is 2.97. The number of carbonyl (C=O) groups excluding carboxylic acids is 1. The van der Waals surface area contributed by atoms with Gasteiger partial charge in [0.05, 0.1) is 6.20 Å². The van der Waals surface area contributed by atoms with Gasteiger partial charge in [0.25, 0.3) is 5.91 Å². The van der Waals surface area contributed by atoms with Gasteiger partial charge in [-0.05, 0) is 60.6 Å². The van der Waals surface area contributed by atoms with E-state index in [0.29, 0.717) is 23.6 Å². The summed E-state index contributed by atoms with van der Waals surface area (Å²) in [6.45, 7) is 7.88. The number of nitrogens with zero attached hydrogens (tertiary/aromatic N) is 2. The average Bonchev–Trinajstić information content (AvgIpc) is 2.78. The lowest BCUT2D eigenvalue weighted by Crippen LogP contribution is -2.23. The molecule has 1 heterocycles. The summed E-state index contributed by atoms with van der Waals surface area (Å²) in [5.74, 6) is 1.22. The van der Waals surface area contributed by atoms with Gasteiger partial charge in [-0.25, -0.2) is 0 Å². The van der Waals surface area contributed by atoms with Crippen LogP contribution in [0.15, 0.2) is 73.1 Å². The number of amides is 1. The fourth-order valence-electron chi connectivity index (χ4n) is 2.97. The molecule has 0 bridgehead atoms. The van der Waals surface area contributed by atoms with Crippen LogP contribution in [0.5, 0.6) is 11.5 Å². The van der Waals surface area contributed by atoms with Gasteiger partial charge < -0.3 is 10.1 Å². The average molecular weight is 389 g/mol. The second kappa shape index (κ2) is 10.4. The highest BCUT2D eigenvalue weighted by atomic mass is 16.5. The Hall–Kier alpha value is -3.18. The molecule has 0 saturated carbocycles. The van der Waals surface area contributed by atoms with Gasteiger partial charge in [0.1, 0.15) is 11.5 Å². The van der Waals surface area contributed by atoms with Gasteiger partial charge >= 0.3 is 0 Å². The summed E-state index contributed by atoms with van der Waals surface area (Å²) in [7, 11) is 0. The minimum atomic E-state index is -0.106. The van der Waals surface area contributed by atoms with E-state index in [1.165, 1.54) is 5.56 Å². The Morgan fingerprint density at radius 1 is 0.931 bits per heavy atom. The zero-order valence-corrected chi connectivity index (χ0v) is 17.0. The maximum atomic E-state index is 12.4. The minimum Gasteiger partial charge on any atom is -0.456 e. The molecule has 0 atom stereocenters. The Morgan fingerprint density at radius 3 is 2.24 bits per heavy atom. The Labute approximate surface area is 172 Å². The molecule has 5 heteroatoms. The lowest BCUT2D eigenvalue weighted by molar-refractivity contribution is 0.0951. The van der Waals surface area contributed by atoms with Crippen molar-refractivity contribution in [2.45, 2.75) is 26.9 Å². The molecular weight excluding hydrogens is 362 g/mol. The van der Waals surface area contributed by atoms with Crippen LogP contribution in [-0.2, 0) is 13.1 Å². The summed E-state index contributed by atoms with van der Waals surface area (Å²) in [5, 5.41) is 2.97. The smallest absolute Gasteiger partial charge is 0.251 e. The molecule has 2 aromatic carbocycles. The quantitative estimate of drug-likeness (QED) is 0.579. The summed E-state index contributed by atoms with van der Waals surface area (Å²) in [4.78, 5) is 18.8. The van der Waals surface area contributed by atoms with E-state index in [1.807, 2.05) is 12.1 Å². The molecule has 0 fully saturated rings. The van der Waals surface area contributed by atoms with Crippen LogP contribution in [0.3, 0.4) is 0 Å². The van der Waals surface area contributed by atoms with Crippen molar-refractivity contribution in [2.24, 2.45) is 0 Å². The predicted octanol–water partition coefficient (Wildman–Crippen LogP) is 4.65. The van der Waals surface area contributed by atoms with E-state index in [-0.39, 0.29) is 5.91 Å². The molecular formula is C24H27N3O2. The van der Waals surface area contributed by atoms with Crippen LogP contribution < -0.4 is 10.1 Å². The lowest BCUT2D eigenvalue weighted by Gasteiger charge is -2.18. The topological polar surface area (TPSA) is 54.5 Å². The van der Waals surface area contributed by atoms with Crippen LogP contribution in [0.2, 0.25) is 0 Å². The van der Waals surface area contributed by atoms with Crippen LogP contribution in [0.4, 0.5) is 0 Å². The highest BCUT2D eigenvalue weighted by molar-refractivity contribution is 5.94. The van der Waals surface area contributed by atoms with Crippen molar-refractivity contribution < 1.29 is 9.53 Å². The monoisotopic (exact) mass is 389 g/mol. The summed E-state index contributed by atoms with van der Waals surface area (Å²) < 4.78 is 5.70. The number of nitrogens with one attached hydrogen (secondary N) is 1. The molecule has 29 heavy (non-hydrogen) atoms. The van der Waals surface area contributed by atoms with Crippen molar-refractivity contribution in [2.75, 3.05) is 13.1 Å². The Bertz CT molecular complexity index is 890. The number of carbonyl (C=O) groups is 1. The van der Waals surface area contributed by atoms with Crippen LogP contribution in [0, 0.1) is 0 Å². The van der Waals surface area contributed by atoms with Gasteiger partial charge in [-0.1, -0.05) is 38.1 Å². The number of ether oxygens (including phenoxy) is 1. The largest absolute Gasteiger partial charge is 0.456 e. The molecule has 1 N–H and O–H groups in total. The lowest BCUT2D eigenvalue weighted by atomic mass is 10.1. The first kappa shape index (κ1) is 20.6. The zero-order valence-electron chi connectivity index (χ0n) is 17.0. The van der Waals surface area contributed by atoms with Crippen LogP contribution in [0.25, 0.3) is 0 Å². The van der Waals surface area contributed by atoms with Gasteiger partial charge in [-0.15, -0.1) is 0 Å². The van der Waals surface area contributed by atoms with Crippen molar-refractivity contribution in [3.63, 3.8) is 0 Å². The highest BCUT2D eigenvalue weighted by Crippen LogP contribution is 2.20. The standard InChI is InChI=1S/C24H27N3O2/c1-3-27(4-2)18-20-9-7-19(8-10-20)16-26-24(28)21-11-13-22(14-12-21)29-23-6-5-15-25-17-23/h5-15,17H,3-4,16,18H2,1-2H3,(H,26,28). The molecule has 1 aromatic heterocycles. The van der Waals surface area contributed by atoms with Crippen molar-refractivity contribution in [1.82, 2.24) is 15.2 Å². The van der Waals surface area contributed by atoms with Gasteiger partial charge in [0.2, 0.25) is 0 Å². The summed E-state index contributed by atoms with van der Waals surface area (Å²) in [6, 6.07) is 19.1. The fourth-order valence-corrected chi connectivity index (χ4v) is 2.97. The first-order valence-corrected chi connectivity index (χ1v) is 9.94. The molecule has 3 rings (SSSR count). The molecule has 0 aliphatic rings. The molecule has 1 amide bonds. The van der Waals surface area contributed by atoms with Crippen LogP contribution in [-0.4, -0.2) is 28.9 Å². The van der Waals surface area contributed by atoms with Crippen molar-refractivity contribution in [3.8, 4) is 11.5 Å². The van der Waals surface area contributed by atoms with E-state index < -0.39 is 0 Å². The Kier molecular flexibility index (Phi) is 7.36. The molecule has 0 saturated heterocycles. The third kappa shape index (κ3) is 6.16. The SMILES string of the molecule is CCN(CC)Cc1ccc(CNC(=O)c2ccc(Oc3cccnc3)cc2)cc1. The molecule has 0 spiro atoms. The Morgan fingerprint density at radius 2 is 1.62 bits per heavy atom. The van der Waals surface area contributed by atoms with Crippen molar-refractivity contribution >= 4 is 5.91 Å². The molecule has 0 unspecified atom stereocenters. The summed E-state index contributed by atoms with van der Waals surface area (Å²) >= 11 is 0. The first-order valence-electron chi connectivity index (χ1n) is 9.94. The molecule has 0 radical (unpaired) electrons. The third-order valence-electron chi connectivity index (χ3n) is 4.76. The number of aromatic nitrogens is 1. The number of hydrogen-bond acceptors (Lipinski definition) is 4. The van der Waals surface area contributed by atoms with E-state index in [0.717, 1.165) is 25.2 Å². The molecule has 0 aliphatic heterocycles. The van der Waals surface area contributed by atoms with E-state index in [4.69, 9.17) is 4.74 Å². The minimum absolute atomic E-state index is 0.106. The maximum Gasteiger partial charge on any atom is 0.251 e. The van der Waals surface area contributed by atoms with E-state index in [2.05, 4.69) is 53.3 Å². The van der Waals surface area contributed by atoms with Crippen molar-refractivity contribution in [3.05, 3.63) is 89.7 Å². The molecule has 3 aromatic rings. The number of rotatable bonds is 9. The third-order valence-corrected chi connectivity index (χ3v) is 4.76. The van der Waals surface area contributed by atoms with E-state index in [1.54, 1.807) is 36.7 Å². The number of pyridine rings is 1. The first-order chi connectivity index (χ1) is 14.2. The predicted molar refractivity (Wildman–Crippen MR) is 115 cm³/mol. The number of hydrogen-bond donors (Lipinski definition) is 1. The van der Waals surface area contributed by atoms with Gasteiger partial charge in [0.15, 0.2) is 0 Å². The fraction of sp³-hybridized carbons (Fsp3) is 0.250. The van der Waals surface area contributed by atoms with Gasteiger partial charge in [0, 0.05) is 24.8 Å². The van der Waals surface area contributed by atoms with Gasteiger partial charge in [-0.2, -0.15) is 0 Å². The van der Waals surface area contributed by atoms with Crippen LogP contribution in [0.1, 0.15) is 35.3 Å². The normalized spacial score (nSPS) is 10.7. The zero-order chi connectivity index (χ0) is 20.5. The highest BCUT2D eigenvalue weighted by Gasteiger charge is 2.07. The maximum absolute atomic E-state index is 12.4. The van der Waals surface area contributed by atoms with Crippen LogP contribution >= 0.6 is 0 Å². The van der Waals surface area contributed by atoms with E-state index >= 15 is 0 Å². The second-order valence-electron chi connectivity index (χ2n) is 6.78. The molecule has 0 aliphatic carbocycles. The second-order valence-corrected chi connectivity index (χ2v) is 6.78. The van der Waals surface area contributed by atoms with Crippen molar-refractivity contribution in [1.29, 1.82) is 0 Å². The number of benzene rings is 2.